The van der Waals surface area contributed by atoms with Gasteiger partial charge in [0.2, 0.25) is 0 Å². The third-order valence-electron chi connectivity index (χ3n) is 8.16. The second-order valence-electron chi connectivity index (χ2n) is 12.4. The molecule has 4 aromatic carbocycles. The normalized spacial score (nSPS) is 9.79. The van der Waals surface area contributed by atoms with E-state index in [4.69, 9.17) is 24.2 Å². The number of aromatic nitrogens is 1. The Morgan fingerprint density at radius 3 is 1.91 bits per heavy atom. The molecule has 56 heavy (non-hydrogen) atoms. The summed E-state index contributed by atoms with van der Waals surface area (Å²) in [6.45, 7) is 14.7. The predicted octanol–water partition coefficient (Wildman–Crippen LogP) is 12.1. The average Bonchev–Trinajstić information content (AvgIpc) is 3.71. The van der Waals surface area contributed by atoms with Gasteiger partial charge in [0.05, 0.1) is 39.1 Å². The monoisotopic (exact) mass is 776 g/mol. The van der Waals surface area contributed by atoms with Gasteiger partial charge in [0.15, 0.2) is 0 Å². The van der Waals surface area contributed by atoms with Crippen molar-refractivity contribution in [2.45, 2.75) is 72.1 Å². The largest absolute Gasteiger partial charge is 0.495 e. The number of benzene rings is 4. The first-order valence-corrected chi connectivity index (χ1v) is 19.8. The number of nitrogens with zero attached hydrogens (tertiary/aromatic N) is 2. The number of ether oxygens (including phenoxy) is 4. The van der Waals surface area contributed by atoms with E-state index in [0.29, 0.717) is 18.8 Å². The van der Waals surface area contributed by atoms with E-state index >= 15 is 0 Å². The van der Waals surface area contributed by atoms with Gasteiger partial charge in [-0.2, -0.15) is 5.26 Å². The molecule has 5 rings (SSSR count). The molecule has 5 aromatic rings. The fourth-order valence-electron chi connectivity index (χ4n) is 4.83. The van der Waals surface area contributed by atoms with Gasteiger partial charge in [-0.05, 0) is 79.6 Å². The minimum absolute atomic E-state index is 0.351. The molecule has 296 valence electrons. The number of carbonyl (C=O) groups excluding carboxylic acids is 2. The molecule has 0 fully saturated rings. The summed E-state index contributed by atoms with van der Waals surface area (Å²) in [7, 11) is 3.27. The van der Waals surface area contributed by atoms with Crippen molar-refractivity contribution in [3.8, 4) is 33.9 Å². The van der Waals surface area contributed by atoms with Gasteiger partial charge in [0, 0.05) is 17.2 Å². The lowest BCUT2D eigenvalue weighted by atomic mass is 10.1. The summed E-state index contributed by atoms with van der Waals surface area (Å²) in [5.74, 6) is 2.04. The molecule has 9 heteroatoms. The summed E-state index contributed by atoms with van der Waals surface area (Å²) in [4.78, 5) is 25.7. The summed E-state index contributed by atoms with van der Waals surface area (Å²) < 4.78 is 22.2. The summed E-state index contributed by atoms with van der Waals surface area (Å²) in [6.07, 6.45) is 12.7. The van der Waals surface area contributed by atoms with Gasteiger partial charge in [0.25, 0.3) is 0 Å². The van der Waals surface area contributed by atoms with E-state index in [1.807, 2.05) is 78.9 Å². The molecule has 0 aliphatic heterocycles. The fourth-order valence-corrected chi connectivity index (χ4v) is 5.91. The van der Waals surface area contributed by atoms with Gasteiger partial charge in [-0.15, -0.1) is 11.3 Å². The Labute approximate surface area is 337 Å². The molecular weight excluding hydrogens is 721 g/mol. The Morgan fingerprint density at radius 1 is 0.768 bits per heavy atom. The lowest BCUT2D eigenvalue weighted by molar-refractivity contribution is -0.137. The van der Waals surface area contributed by atoms with Crippen LogP contribution in [0.4, 0.5) is 0 Å². The van der Waals surface area contributed by atoms with Crippen molar-refractivity contribution in [3.05, 3.63) is 126 Å². The van der Waals surface area contributed by atoms with Crippen molar-refractivity contribution in [3.63, 3.8) is 0 Å². The lowest BCUT2D eigenvalue weighted by Gasteiger charge is -2.06. The third kappa shape index (κ3) is 16.7. The highest BCUT2D eigenvalue weighted by Gasteiger charge is 2.14. The van der Waals surface area contributed by atoms with Crippen LogP contribution in [0.3, 0.4) is 0 Å². The smallest absolute Gasteiger partial charge is 0.330 e. The number of hydrogen-bond donors (Lipinski definition) is 0. The number of esters is 1. The first-order valence-electron chi connectivity index (χ1n) is 19.0. The van der Waals surface area contributed by atoms with Crippen LogP contribution in [0.5, 0.6) is 17.2 Å². The van der Waals surface area contributed by atoms with Crippen molar-refractivity contribution in [1.29, 1.82) is 5.26 Å². The highest BCUT2D eigenvalue weighted by atomic mass is 32.1. The first-order chi connectivity index (χ1) is 27.3. The second kappa shape index (κ2) is 27.8. The van der Waals surface area contributed by atoms with Gasteiger partial charge in [0.1, 0.15) is 38.8 Å². The van der Waals surface area contributed by atoms with E-state index in [-0.39, 0.29) is 5.97 Å². The zero-order chi connectivity index (χ0) is 41.0. The zero-order valence-electron chi connectivity index (χ0n) is 33.6. The summed E-state index contributed by atoms with van der Waals surface area (Å²) in [5.41, 5.74) is 5.55. The minimum Gasteiger partial charge on any atom is -0.495 e. The van der Waals surface area contributed by atoms with Gasteiger partial charge < -0.3 is 18.9 Å². The Kier molecular flexibility index (Phi) is 23.1. The van der Waals surface area contributed by atoms with E-state index in [0.717, 1.165) is 94.0 Å². The van der Waals surface area contributed by atoms with E-state index in [1.165, 1.54) is 24.5 Å². The molecule has 0 saturated carbocycles. The molecule has 0 unspecified atom stereocenters. The third-order valence-corrected chi connectivity index (χ3v) is 9.28. The van der Waals surface area contributed by atoms with Crippen molar-refractivity contribution in [1.82, 2.24) is 4.98 Å². The number of rotatable bonds is 17. The molecule has 0 spiro atoms. The summed E-state index contributed by atoms with van der Waals surface area (Å²) in [5, 5.41) is 9.73. The number of hydrogen-bond acceptors (Lipinski definition) is 9. The second-order valence-corrected chi connectivity index (χ2v) is 13.4. The number of carbonyl (C=O) groups is 2. The fraction of sp³-hybridized carbons (Fsp3) is 0.319. The van der Waals surface area contributed by atoms with Gasteiger partial charge in [-0.1, -0.05) is 108 Å². The van der Waals surface area contributed by atoms with Gasteiger partial charge >= 0.3 is 5.97 Å². The van der Waals surface area contributed by atoms with Crippen LogP contribution >= 0.6 is 11.3 Å². The number of thiazole rings is 1. The number of aryl methyl sites for hydroxylation is 1. The van der Waals surface area contributed by atoms with E-state index < -0.39 is 0 Å². The SMILES string of the molecule is C=CC(=O)OCCCCCCOc1ccc(C=C)cc1.CCCC.CCCc1ccc(C=O)cc1.COc1ccc(OC)c2sc(-c3ccc(C#N)cc3)nc12. The molecule has 0 aliphatic carbocycles. The number of methoxy groups -OCH3 is 2. The summed E-state index contributed by atoms with van der Waals surface area (Å²) >= 11 is 1.55. The Morgan fingerprint density at radius 2 is 1.38 bits per heavy atom. The molecule has 0 amide bonds. The van der Waals surface area contributed by atoms with Crippen molar-refractivity contribution >= 4 is 39.9 Å². The van der Waals surface area contributed by atoms with Crippen molar-refractivity contribution < 1.29 is 28.5 Å². The molecular formula is C47H56N2O6S. The number of nitriles is 1. The van der Waals surface area contributed by atoms with E-state index in [9.17, 15) is 9.59 Å². The number of unbranched alkanes of at least 4 members (excludes halogenated alkanes) is 4. The zero-order valence-corrected chi connectivity index (χ0v) is 34.4. The van der Waals surface area contributed by atoms with Crippen LogP contribution in [0, 0.1) is 11.3 Å². The Balaban J connectivity index is 0.000000288. The van der Waals surface area contributed by atoms with Gasteiger partial charge in [-0.25, -0.2) is 9.78 Å². The topological polar surface area (TPSA) is 108 Å². The number of fused-ring (bicyclic) bond motifs is 1. The Bertz CT molecular complexity index is 1880. The standard InChI is InChI=1S/C17H22O3.C16H12N2O2S.C10H12O.C4H10/c1-3-15-9-11-16(12-10-15)19-13-7-5-6-8-14-20-17(18)4-2;1-19-12-7-8-13(20-2)15-14(12)18-16(21-15)11-5-3-10(9-17)4-6-11;1-2-3-9-4-6-10(8-11)7-5-9;1-3-4-2/h3-4,9-12H,1-2,5-8,13-14H2;3-8H,1-2H3;4-8H,2-3H2,1H3;3-4H2,1-2H3. The highest BCUT2D eigenvalue weighted by Crippen LogP contribution is 2.40. The number of aldehydes is 1. The minimum atomic E-state index is -0.351. The molecule has 1 aromatic heterocycles. The van der Waals surface area contributed by atoms with Crippen molar-refractivity contribution in [2.75, 3.05) is 27.4 Å². The maximum atomic E-state index is 10.8. The maximum absolute atomic E-state index is 10.8. The molecule has 0 N–H and O–H groups in total. The molecule has 1 heterocycles. The van der Waals surface area contributed by atoms with E-state index in [2.05, 4.69) is 45.0 Å². The van der Waals surface area contributed by atoms with Crippen LogP contribution in [-0.4, -0.2) is 44.7 Å². The molecule has 0 bridgehead atoms. The molecule has 0 saturated heterocycles. The predicted molar refractivity (Wildman–Crippen MR) is 231 cm³/mol. The van der Waals surface area contributed by atoms with Crippen LogP contribution in [0.2, 0.25) is 0 Å². The van der Waals surface area contributed by atoms with Crippen LogP contribution < -0.4 is 14.2 Å². The molecule has 0 atom stereocenters. The van der Waals surface area contributed by atoms with Crippen LogP contribution in [0.15, 0.2) is 104 Å². The molecule has 0 aliphatic rings. The lowest BCUT2D eigenvalue weighted by Crippen LogP contribution is -2.02. The molecule has 8 nitrogen and oxygen atoms in total. The van der Waals surface area contributed by atoms with E-state index in [1.54, 1.807) is 37.7 Å². The highest BCUT2D eigenvalue weighted by molar-refractivity contribution is 7.22. The van der Waals surface area contributed by atoms with Crippen LogP contribution in [0.1, 0.15) is 92.8 Å². The Hall–Kier alpha value is -5.72. The quantitative estimate of drug-likeness (QED) is 0.0397. The van der Waals surface area contributed by atoms with Crippen molar-refractivity contribution in [2.24, 2.45) is 0 Å². The average molecular weight is 777 g/mol. The molecule has 0 radical (unpaired) electrons. The van der Waals surface area contributed by atoms with Gasteiger partial charge in [-0.3, -0.25) is 4.79 Å². The summed E-state index contributed by atoms with van der Waals surface area (Å²) in [6, 6.07) is 28.8. The van der Waals surface area contributed by atoms with Crippen LogP contribution in [0.25, 0.3) is 26.9 Å². The first kappa shape index (κ1) is 46.4. The van der Waals surface area contributed by atoms with Crippen LogP contribution in [-0.2, 0) is 16.0 Å². The maximum Gasteiger partial charge on any atom is 0.330 e.